The lowest BCUT2D eigenvalue weighted by Crippen LogP contribution is -2.61. The summed E-state index contributed by atoms with van der Waals surface area (Å²) in [4.78, 5) is 12.8. The molecule has 0 unspecified atom stereocenters. The molecule has 2 aliphatic heterocycles. The highest BCUT2D eigenvalue weighted by atomic mass is 16.8. The quantitative estimate of drug-likeness (QED) is 0.523. The molecule has 0 aromatic heterocycles. The molecule has 2 aromatic rings. The van der Waals surface area contributed by atoms with Crippen LogP contribution in [0.4, 0.5) is 0 Å². The average Bonchev–Trinajstić information content (AvgIpc) is 2.78. The Morgan fingerprint density at radius 1 is 1.00 bits per heavy atom. The molecule has 0 radical (unpaired) electrons. The molecule has 7 heteroatoms. The summed E-state index contributed by atoms with van der Waals surface area (Å²) in [6.07, 6.45) is -3.57. The molecule has 7 nitrogen and oxygen atoms in total. The maximum Gasteiger partial charge on any atom is 0.220 e. The summed E-state index contributed by atoms with van der Waals surface area (Å²) in [5.41, 5.74) is 1.89. The second-order valence-electron chi connectivity index (χ2n) is 6.86. The Bertz CT molecular complexity index is 782. The van der Waals surface area contributed by atoms with E-state index in [2.05, 4.69) is 0 Å². The number of ketones is 1. The molecule has 4 rings (SSSR count). The van der Waals surface area contributed by atoms with Crippen molar-refractivity contribution in [1.29, 1.82) is 0 Å². The van der Waals surface area contributed by atoms with Gasteiger partial charge in [-0.1, -0.05) is 60.7 Å². The van der Waals surface area contributed by atoms with Gasteiger partial charge in [-0.25, -0.2) is 0 Å². The van der Waals surface area contributed by atoms with Crippen LogP contribution < -0.4 is 0 Å². The lowest BCUT2D eigenvalue weighted by molar-refractivity contribution is -0.325. The van der Waals surface area contributed by atoms with Crippen molar-refractivity contribution in [3.63, 3.8) is 0 Å². The SMILES string of the molecule is CO[C@H]1O[C@@H]2CO[C@H](c3ccccc3)O[C@@H]2[C@H](OCOCc2ccccc2)C1=O. The van der Waals surface area contributed by atoms with Crippen molar-refractivity contribution in [3.05, 3.63) is 71.8 Å². The average molecular weight is 400 g/mol. The summed E-state index contributed by atoms with van der Waals surface area (Å²) in [6.45, 7) is 0.601. The number of carbonyl (C=O) groups excluding carboxylic acids is 1. The van der Waals surface area contributed by atoms with Crippen LogP contribution in [-0.4, -0.2) is 50.9 Å². The van der Waals surface area contributed by atoms with Gasteiger partial charge in [0.25, 0.3) is 0 Å². The minimum Gasteiger partial charge on any atom is -0.351 e. The molecule has 0 saturated carbocycles. The zero-order valence-electron chi connectivity index (χ0n) is 16.1. The van der Waals surface area contributed by atoms with Crippen molar-refractivity contribution in [2.24, 2.45) is 0 Å². The summed E-state index contributed by atoms with van der Waals surface area (Å²) in [5.74, 6) is -0.328. The molecule has 5 atom stereocenters. The van der Waals surface area contributed by atoms with Gasteiger partial charge in [0.15, 0.2) is 12.4 Å². The molecule has 29 heavy (non-hydrogen) atoms. The van der Waals surface area contributed by atoms with E-state index in [9.17, 15) is 4.79 Å². The Morgan fingerprint density at radius 3 is 2.45 bits per heavy atom. The van der Waals surface area contributed by atoms with E-state index in [1.165, 1.54) is 7.11 Å². The highest BCUT2D eigenvalue weighted by molar-refractivity contribution is 5.87. The van der Waals surface area contributed by atoms with Crippen molar-refractivity contribution >= 4 is 5.78 Å². The molecule has 0 spiro atoms. The van der Waals surface area contributed by atoms with E-state index >= 15 is 0 Å². The van der Waals surface area contributed by atoms with Crippen molar-refractivity contribution in [3.8, 4) is 0 Å². The third-order valence-electron chi connectivity index (χ3n) is 4.90. The number of ether oxygens (including phenoxy) is 6. The fourth-order valence-corrected chi connectivity index (χ4v) is 3.44. The molecular formula is C22H24O7. The van der Waals surface area contributed by atoms with Crippen LogP contribution >= 0.6 is 0 Å². The normalized spacial score (nSPS) is 29.4. The second-order valence-corrected chi connectivity index (χ2v) is 6.86. The molecular weight excluding hydrogens is 376 g/mol. The van der Waals surface area contributed by atoms with E-state index in [0.29, 0.717) is 6.61 Å². The number of carbonyl (C=O) groups is 1. The topological polar surface area (TPSA) is 72.5 Å². The zero-order valence-corrected chi connectivity index (χ0v) is 16.1. The first kappa shape index (κ1) is 20.2. The smallest absolute Gasteiger partial charge is 0.220 e. The van der Waals surface area contributed by atoms with Crippen LogP contribution in [0.3, 0.4) is 0 Å². The Kier molecular flexibility index (Phi) is 6.66. The third-order valence-corrected chi connectivity index (χ3v) is 4.90. The monoisotopic (exact) mass is 400 g/mol. The van der Waals surface area contributed by atoms with Crippen molar-refractivity contribution in [1.82, 2.24) is 0 Å². The van der Waals surface area contributed by atoms with Crippen LogP contribution in [0.2, 0.25) is 0 Å². The van der Waals surface area contributed by atoms with Crippen LogP contribution in [0, 0.1) is 0 Å². The molecule has 154 valence electrons. The first-order valence-electron chi connectivity index (χ1n) is 9.53. The molecule has 0 bridgehead atoms. The molecule has 2 aliphatic rings. The van der Waals surface area contributed by atoms with Crippen LogP contribution in [0.15, 0.2) is 60.7 Å². The van der Waals surface area contributed by atoms with Gasteiger partial charge in [-0.2, -0.15) is 0 Å². The fraction of sp³-hybridized carbons (Fsp3) is 0.409. The maximum absolute atomic E-state index is 12.8. The first-order chi connectivity index (χ1) is 14.3. The predicted molar refractivity (Wildman–Crippen MR) is 102 cm³/mol. The number of hydrogen-bond donors (Lipinski definition) is 0. The number of benzene rings is 2. The zero-order chi connectivity index (χ0) is 20.1. The first-order valence-corrected chi connectivity index (χ1v) is 9.53. The molecule has 2 aromatic carbocycles. The summed E-state index contributed by atoms with van der Waals surface area (Å²) in [5, 5.41) is 0. The number of Topliss-reactive ketones (excluding diaryl/α,β-unsaturated/α-hetero) is 1. The van der Waals surface area contributed by atoms with Gasteiger partial charge < -0.3 is 28.4 Å². The lowest BCUT2D eigenvalue weighted by Gasteiger charge is -2.44. The van der Waals surface area contributed by atoms with E-state index in [1.54, 1.807) is 0 Å². The van der Waals surface area contributed by atoms with Gasteiger partial charge >= 0.3 is 0 Å². The fourth-order valence-electron chi connectivity index (χ4n) is 3.44. The van der Waals surface area contributed by atoms with Crippen molar-refractivity contribution < 1.29 is 33.2 Å². The van der Waals surface area contributed by atoms with Crippen LogP contribution in [0.25, 0.3) is 0 Å². The van der Waals surface area contributed by atoms with E-state index in [0.717, 1.165) is 11.1 Å². The molecule has 0 N–H and O–H groups in total. The van der Waals surface area contributed by atoms with E-state index in [4.69, 9.17) is 28.4 Å². The van der Waals surface area contributed by atoms with Crippen LogP contribution in [0.1, 0.15) is 17.4 Å². The van der Waals surface area contributed by atoms with Crippen molar-refractivity contribution in [2.75, 3.05) is 20.5 Å². The van der Waals surface area contributed by atoms with Crippen LogP contribution in [0.5, 0.6) is 0 Å². The van der Waals surface area contributed by atoms with Gasteiger partial charge in [-0.15, -0.1) is 0 Å². The summed E-state index contributed by atoms with van der Waals surface area (Å²) in [6, 6.07) is 19.3. The van der Waals surface area contributed by atoms with E-state index in [1.807, 2.05) is 60.7 Å². The Labute approximate surface area is 169 Å². The molecule has 2 saturated heterocycles. The van der Waals surface area contributed by atoms with Crippen LogP contribution in [-0.2, 0) is 39.8 Å². The molecule has 2 heterocycles. The Morgan fingerprint density at radius 2 is 1.72 bits per heavy atom. The van der Waals surface area contributed by atoms with Gasteiger partial charge in [-0.3, -0.25) is 4.79 Å². The molecule has 0 amide bonds. The minimum absolute atomic E-state index is 0.0504. The number of rotatable bonds is 7. The molecule has 0 aliphatic carbocycles. The summed E-state index contributed by atoms with van der Waals surface area (Å²) in [7, 11) is 1.42. The van der Waals surface area contributed by atoms with E-state index < -0.39 is 30.9 Å². The highest BCUT2D eigenvalue weighted by Crippen LogP contribution is 2.34. The van der Waals surface area contributed by atoms with E-state index in [-0.39, 0.29) is 19.2 Å². The van der Waals surface area contributed by atoms with Gasteiger partial charge in [0.2, 0.25) is 12.1 Å². The van der Waals surface area contributed by atoms with Crippen molar-refractivity contribution in [2.45, 2.75) is 37.5 Å². The Balaban J connectivity index is 1.41. The third kappa shape index (κ3) is 4.72. The van der Waals surface area contributed by atoms with Gasteiger partial charge in [0, 0.05) is 12.7 Å². The van der Waals surface area contributed by atoms with Gasteiger partial charge in [0.1, 0.15) is 19.0 Å². The number of methoxy groups -OCH3 is 1. The van der Waals surface area contributed by atoms with Gasteiger partial charge in [-0.05, 0) is 5.56 Å². The predicted octanol–water partition coefficient (Wildman–Crippen LogP) is 2.60. The standard InChI is InChI=1S/C22H24O7/c1-24-22-18(23)20(27-14-25-12-15-8-4-2-5-9-15)19-17(28-22)13-26-21(29-19)16-10-6-3-7-11-16/h2-11,17,19-22H,12-14H2,1H3/t17-,19+,20-,21+,22+/m1/s1. The number of hydrogen-bond acceptors (Lipinski definition) is 7. The largest absolute Gasteiger partial charge is 0.351 e. The maximum atomic E-state index is 12.8. The highest BCUT2D eigenvalue weighted by Gasteiger charge is 2.50. The minimum atomic E-state index is -1.02. The lowest BCUT2D eigenvalue weighted by atomic mass is 9.99. The van der Waals surface area contributed by atoms with Gasteiger partial charge in [0.05, 0.1) is 13.2 Å². The second kappa shape index (κ2) is 9.58. The molecule has 2 fully saturated rings. The Hall–Kier alpha value is -2.13. The summed E-state index contributed by atoms with van der Waals surface area (Å²) < 4.78 is 34.1. The number of fused-ring (bicyclic) bond motifs is 1. The summed E-state index contributed by atoms with van der Waals surface area (Å²) >= 11 is 0.